The molecule has 1 aromatic rings. The van der Waals surface area contributed by atoms with Crippen molar-refractivity contribution in [3.05, 3.63) is 39.9 Å². The normalized spacial score (nSPS) is 13.3. The molecule has 0 saturated heterocycles. The summed E-state index contributed by atoms with van der Waals surface area (Å²) in [5.41, 5.74) is 1.38. The van der Waals surface area contributed by atoms with Crippen LogP contribution in [0.1, 0.15) is 33.3 Å². The summed E-state index contributed by atoms with van der Waals surface area (Å²) in [5, 5.41) is 12.8. The van der Waals surface area contributed by atoms with Gasteiger partial charge in [-0.15, -0.1) is 0 Å². The fourth-order valence-electron chi connectivity index (χ4n) is 2.31. The highest BCUT2D eigenvalue weighted by atomic mass is 32.2. The number of nitrogens with one attached hydrogen (secondary N) is 2. The summed E-state index contributed by atoms with van der Waals surface area (Å²) in [5.74, 6) is -1.90. The van der Waals surface area contributed by atoms with Crippen molar-refractivity contribution in [2.75, 3.05) is 12.9 Å². The van der Waals surface area contributed by atoms with E-state index >= 15 is 0 Å². The van der Waals surface area contributed by atoms with E-state index in [1.807, 2.05) is 5.48 Å². The fourth-order valence-corrected chi connectivity index (χ4v) is 2.97. The van der Waals surface area contributed by atoms with E-state index in [9.17, 15) is 32.9 Å². The molecule has 1 aromatic carbocycles. The van der Waals surface area contributed by atoms with Gasteiger partial charge in [-0.2, -0.15) is 8.42 Å². The molecule has 2 amide bonds. The summed E-state index contributed by atoms with van der Waals surface area (Å²) in [4.78, 5) is 51.1. The first-order chi connectivity index (χ1) is 15.6. The Morgan fingerprint density at radius 3 is 2.24 bits per heavy atom. The SMILES string of the molecule is C[C@@H](OS(C)(=O)=O)[C@H](NC(=O)OC(C)(C)C)C(=O)NOCC(=O)OCc1ccc([N+](=O)[O-])cc1. The van der Waals surface area contributed by atoms with Crippen molar-refractivity contribution in [3.8, 4) is 0 Å². The predicted molar refractivity (Wildman–Crippen MR) is 116 cm³/mol. The van der Waals surface area contributed by atoms with Crippen molar-refractivity contribution in [2.45, 2.75) is 52.0 Å². The summed E-state index contributed by atoms with van der Waals surface area (Å²) in [7, 11) is -3.97. The Hall–Kier alpha value is -3.30. The third kappa shape index (κ3) is 11.5. The molecule has 0 fully saturated rings. The molecule has 0 spiro atoms. The predicted octanol–water partition coefficient (Wildman–Crippen LogP) is 0.944. The molecule has 2 N–H and O–H groups in total. The van der Waals surface area contributed by atoms with E-state index in [2.05, 4.69) is 5.32 Å². The van der Waals surface area contributed by atoms with Crippen molar-refractivity contribution >= 4 is 33.8 Å². The zero-order chi connectivity index (χ0) is 26.1. The van der Waals surface area contributed by atoms with Crippen LogP contribution < -0.4 is 10.8 Å². The summed E-state index contributed by atoms with van der Waals surface area (Å²) in [6.45, 7) is 5.06. The van der Waals surface area contributed by atoms with E-state index in [0.717, 1.165) is 6.26 Å². The van der Waals surface area contributed by atoms with Gasteiger partial charge < -0.3 is 14.8 Å². The Kier molecular flexibility index (Phi) is 10.3. The van der Waals surface area contributed by atoms with Crippen LogP contribution in [0.5, 0.6) is 0 Å². The van der Waals surface area contributed by atoms with E-state index in [1.165, 1.54) is 31.2 Å². The number of non-ortho nitro benzene ring substituents is 1. The molecule has 0 aliphatic rings. The van der Waals surface area contributed by atoms with Gasteiger partial charge in [0, 0.05) is 12.1 Å². The summed E-state index contributed by atoms with van der Waals surface area (Å²) < 4.78 is 37.5. The Balaban J connectivity index is 2.63. The van der Waals surface area contributed by atoms with Crippen LogP contribution in [0.15, 0.2) is 24.3 Å². The number of benzene rings is 1. The number of amides is 2. The van der Waals surface area contributed by atoms with Gasteiger partial charge in [-0.25, -0.2) is 15.1 Å². The minimum absolute atomic E-state index is 0.121. The molecule has 0 heterocycles. The molecule has 0 aliphatic carbocycles. The maximum Gasteiger partial charge on any atom is 0.408 e. The van der Waals surface area contributed by atoms with Crippen LogP contribution in [0.3, 0.4) is 0 Å². The quantitative estimate of drug-likeness (QED) is 0.188. The van der Waals surface area contributed by atoms with Crippen molar-refractivity contribution in [1.82, 2.24) is 10.8 Å². The number of nitro benzene ring substituents is 1. The third-order valence-corrected chi connectivity index (χ3v) is 4.31. The second-order valence-corrected chi connectivity index (χ2v) is 9.57. The van der Waals surface area contributed by atoms with Crippen molar-refractivity contribution in [2.24, 2.45) is 0 Å². The van der Waals surface area contributed by atoms with E-state index in [0.29, 0.717) is 5.56 Å². The highest BCUT2D eigenvalue weighted by molar-refractivity contribution is 7.86. The maximum absolute atomic E-state index is 12.4. The standard InChI is InChI=1S/C19H27N3O11S/c1-12(33-34(5,28)29)16(20-18(25)32-19(2,3)4)17(24)21-31-11-15(23)30-10-13-6-8-14(9-7-13)22(26)27/h6-9,12,16H,10-11H2,1-5H3,(H,20,25)(H,21,24)/t12-,16+/m1/s1. The van der Waals surface area contributed by atoms with E-state index in [4.69, 9.17) is 18.5 Å². The molecule has 1 rings (SSSR count). The maximum atomic E-state index is 12.4. The van der Waals surface area contributed by atoms with E-state index in [1.54, 1.807) is 20.8 Å². The second kappa shape index (κ2) is 12.2. The van der Waals surface area contributed by atoms with Crippen LogP contribution in [0.2, 0.25) is 0 Å². The molecule has 0 aliphatic heterocycles. The number of alkyl carbamates (subject to hydrolysis) is 1. The van der Waals surface area contributed by atoms with Gasteiger partial charge in [0.1, 0.15) is 24.4 Å². The number of hydrogen-bond donors (Lipinski definition) is 2. The first kappa shape index (κ1) is 28.7. The number of nitro groups is 1. The number of ether oxygens (including phenoxy) is 2. The number of nitrogens with zero attached hydrogens (tertiary/aromatic N) is 1. The van der Waals surface area contributed by atoms with E-state index in [-0.39, 0.29) is 12.3 Å². The van der Waals surface area contributed by atoms with Crippen LogP contribution in [0.25, 0.3) is 0 Å². The van der Waals surface area contributed by atoms with Gasteiger partial charge in [-0.05, 0) is 45.4 Å². The monoisotopic (exact) mass is 505 g/mol. The second-order valence-electron chi connectivity index (χ2n) is 7.97. The van der Waals surface area contributed by atoms with Gasteiger partial charge in [0.25, 0.3) is 21.7 Å². The van der Waals surface area contributed by atoms with Gasteiger partial charge in [0.05, 0.1) is 11.2 Å². The highest BCUT2D eigenvalue weighted by Gasteiger charge is 2.32. The number of carbonyl (C=O) groups excluding carboxylic acids is 3. The van der Waals surface area contributed by atoms with Gasteiger partial charge in [0.2, 0.25) is 0 Å². The molecule has 0 saturated carbocycles. The number of carbonyl (C=O) groups is 3. The average molecular weight is 506 g/mol. The minimum atomic E-state index is -3.97. The van der Waals surface area contributed by atoms with Crippen molar-refractivity contribution < 1.29 is 46.2 Å². The third-order valence-electron chi connectivity index (χ3n) is 3.66. The summed E-state index contributed by atoms with van der Waals surface area (Å²) in [6.07, 6.45) is -1.59. The molecule has 15 heteroatoms. The van der Waals surface area contributed by atoms with Crippen molar-refractivity contribution in [3.63, 3.8) is 0 Å². The van der Waals surface area contributed by atoms with Gasteiger partial charge in [-0.3, -0.25) is 23.9 Å². The number of rotatable bonds is 11. The molecule has 0 radical (unpaired) electrons. The minimum Gasteiger partial charge on any atom is -0.459 e. The lowest BCUT2D eigenvalue weighted by Gasteiger charge is -2.25. The van der Waals surface area contributed by atoms with Gasteiger partial charge >= 0.3 is 12.1 Å². The average Bonchev–Trinajstić information content (AvgIpc) is 2.68. The lowest BCUT2D eigenvalue weighted by molar-refractivity contribution is -0.384. The smallest absolute Gasteiger partial charge is 0.408 e. The van der Waals surface area contributed by atoms with Gasteiger partial charge in [0.15, 0.2) is 6.61 Å². The first-order valence-corrected chi connectivity index (χ1v) is 11.6. The molecular weight excluding hydrogens is 478 g/mol. The van der Waals surface area contributed by atoms with Crippen LogP contribution in [0, 0.1) is 10.1 Å². The van der Waals surface area contributed by atoms with E-state index < -0.39 is 57.4 Å². The van der Waals surface area contributed by atoms with Crippen LogP contribution in [-0.2, 0) is 44.8 Å². The first-order valence-electron chi connectivity index (χ1n) is 9.76. The summed E-state index contributed by atoms with van der Waals surface area (Å²) in [6, 6.07) is 3.75. The fraction of sp³-hybridized carbons (Fsp3) is 0.526. The number of hydrogen-bond acceptors (Lipinski definition) is 11. The Morgan fingerprint density at radius 2 is 1.74 bits per heavy atom. The Morgan fingerprint density at radius 1 is 1.15 bits per heavy atom. The van der Waals surface area contributed by atoms with Crippen LogP contribution in [0.4, 0.5) is 10.5 Å². The molecule has 34 heavy (non-hydrogen) atoms. The van der Waals surface area contributed by atoms with Gasteiger partial charge in [-0.1, -0.05) is 0 Å². The number of hydroxylamine groups is 1. The van der Waals surface area contributed by atoms with Crippen LogP contribution in [-0.4, -0.2) is 61.9 Å². The molecule has 190 valence electrons. The molecule has 14 nitrogen and oxygen atoms in total. The van der Waals surface area contributed by atoms with Crippen LogP contribution >= 0.6 is 0 Å². The lowest BCUT2D eigenvalue weighted by Crippen LogP contribution is -2.54. The topological polar surface area (TPSA) is 189 Å². The lowest BCUT2D eigenvalue weighted by atomic mass is 10.2. The largest absolute Gasteiger partial charge is 0.459 e. The molecule has 0 aromatic heterocycles. The zero-order valence-electron chi connectivity index (χ0n) is 19.2. The zero-order valence-corrected chi connectivity index (χ0v) is 20.0. The summed E-state index contributed by atoms with van der Waals surface area (Å²) >= 11 is 0. The highest BCUT2D eigenvalue weighted by Crippen LogP contribution is 2.13. The van der Waals surface area contributed by atoms with Crippen molar-refractivity contribution in [1.29, 1.82) is 0 Å². The molecule has 2 atom stereocenters. The Bertz CT molecular complexity index is 988. The molecule has 0 bridgehead atoms. The Labute approximate surface area is 196 Å². The molecular formula is C19H27N3O11S. The number of esters is 1. The molecule has 0 unspecified atom stereocenters.